The second-order valence-corrected chi connectivity index (χ2v) is 17.3. The smallest absolute Gasteiger partial charge is 0.359 e. The number of nitrogens with one attached hydrogen (secondary N) is 1. The van der Waals surface area contributed by atoms with Gasteiger partial charge in [0.25, 0.3) is 7.59 Å². The fraction of sp³-hybridized carbons (Fsp3) is 0.778. The summed E-state index contributed by atoms with van der Waals surface area (Å²) in [6, 6.07) is 0. The molecule has 3 N–H and O–H groups in total. The first-order valence-electron chi connectivity index (χ1n) is 13.5. The van der Waals surface area contributed by atoms with Crippen LogP contribution in [-0.2, 0) is 33.4 Å². The molecular weight excluding hydrogens is 695 g/mol. The van der Waals surface area contributed by atoms with E-state index in [9.17, 15) is 24.6 Å². The van der Waals surface area contributed by atoms with Gasteiger partial charge in [-0.1, -0.05) is 90.4 Å². The molecule has 3 fully saturated rings. The Labute approximate surface area is 278 Å². The fourth-order valence-corrected chi connectivity index (χ4v) is 8.43. The van der Waals surface area contributed by atoms with E-state index in [4.69, 9.17) is 83.8 Å². The number of carbonyl (C=O) groups is 4. The van der Waals surface area contributed by atoms with Crippen molar-refractivity contribution in [3.05, 3.63) is 11.1 Å². The van der Waals surface area contributed by atoms with Crippen LogP contribution in [0.25, 0.3) is 0 Å². The maximum absolute atomic E-state index is 15.1. The monoisotopic (exact) mass is 725 g/mol. The van der Waals surface area contributed by atoms with E-state index in [2.05, 4.69) is 5.32 Å². The Bertz CT molecular complexity index is 1280. The number of halogens is 6. The zero-order valence-corrected chi connectivity index (χ0v) is 28.6. The largest absolute Gasteiger partial charge is 0.458 e. The number of alkyl halides is 6. The van der Waals surface area contributed by atoms with Gasteiger partial charge < -0.3 is 29.7 Å². The van der Waals surface area contributed by atoms with E-state index >= 15 is 4.79 Å². The number of amides is 1. The van der Waals surface area contributed by atoms with Gasteiger partial charge in [-0.2, -0.15) is 0 Å². The molecule has 43 heavy (non-hydrogen) atoms. The number of rotatable bonds is 3. The van der Waals surface area contributed by atoms with E-state index in [0.717, 1.165) is 0 Å². The van der Waals surface area contributed by atoms with E-state index in [-0.39, 0.29) is 30.6 Å². The Morgan fingerprint density at radius 1 is 1.02 bits per heavy atom. The molecule has 4 rings (SSSR count). The lowest BCUT2D eigenvalue weighted by atomic mass is 9.42. The van der Waals surface area contributed by atoms with Gasteiger partial charge in [-0.3, -0.25) is 9.59 Å². The molecule has 0 aromatic heterocycles. The number of esters is 2. The molecule has 242 valence electrons. The van der Waals surface area contributed by atoms with Crippen molar-refractivity contribution in [1.29, 1.82) is 0 Å². The van der Waals surface area contributed by atoms with Crippen molar-refractivity contribution in [2.45, 2.75) is 97.5 Å². The third-order valence-electron chi connectivity index (χ3n) is 10.2. The summed E-state index contributed by atoms with van der Waals surface area (Å²) in [6.07, 6.45) is -5.56. The minimum Gasteiger partial charge on any atom is -0.458 e. The van der Waals surface area contributed by atoms with E-state index in [1.54, 1.807) is 27.7 Å². The molecule has 0 unspecified atom stereocenters. The summed E-state index contributed by atoms with van der Waals surface area (Å²) in [5.41, 5.74) is -5.86. The molecule has 1 saturated heterocycles. The highest BCUT2D eigenvalue weighted by atomic mass is 35.6. The van der Waals surface area contributed by atoms with Crippen LogP contribution < -0.4 is 5.32 Å². The molecule has 2 saturated carbocycles. The number of aliphatic hydroxyl groups excluding tert-OH is 1. The SMILES string of the molecule is CC(=O)N[C@@]12CO[C@@H]1C[C@H](OC(=O)C(Cl)(Cl)Cl)[C@@]1(C)C(=O)[C@H](OC(=O)C(Cl)(Cl)Cl)C3=C(C)[C@@H](O)C[C@@](O)([C@@H](C)[C@H]21)C3(C)C. The van der Waals surface area contributed by atoms with E-state index in [0.29, 0.717) is 0 Å². The van der Waals surface area contributed by atoms with Crippen LogP contribution in [0.2, 0.25) is 0 Å². The minimum absolute atomic E-state index is 0.0559. The number of hydrogen-bond donors (Lipinski definition) is 3. The summed E-state index contributed by atoms with van der Waals surface area (Å²) in [4.78, 5) is 53.7. The van der Waals surface area contributed by atoms with Gasteiger partial charge in [0.05, 0.1) is 35.4 Å². The molecule has 0 aromatic rings. The van der Waals surface area contributed by atoms with Gasteiger partial charge in [-0.05, 0) is 30.9 Å². The second-order valence-electron chi connectivity index (χ2n) is 12.7. The van der Waals surface area contributed by atoms with Crippen molar-refractivity contribution in [1.82, 2.24) is 5.32 Å². The first-order chi connectivity index (χ1) is 19.4. The maximum atomic E-state index is 15.1. The van der Waals surface area contributed by atoms with E-state index in [1.807, 2.05) is 0 Å². The number of Topliss-reactive ketones (excluding diaryl/α,β-unsaturated/α-hetero) is 1. The molecule has 4 aliphatic rings. The van der Waals surface area contributed by atoms with Crippen LogP contribution in [0.4, 0.5) is 0 Å². The van der Waals surface area contributed by atoms with Gasteiger partial charge in [0.1, 0.15) is 6.10 Å². The summed E-state index contributed by atoms with van der Waals surface area (Å²) in [5.74, 6) is -5.87. The minimum atomic E-state index is -2.60. The average Bonchev–Trinajstić information content (AvgIpc) is 2.84. The molecule has 0 radical (unpaired) electrons. The van der Waals surface area contributed by atoms with Crippen molar-refractivity contribution >= 4 is 93.2 Å². The van der Waals surface area contributed by atoms with E-state index < -0.39 is 89.4 Å². The molecule has 0 spiro atoms. The number of aliphatic hydroxyl groups is 2. The van der Waals surface area contributed by atoms with Crippen molar-refractivity contribution < 1.29 is 43.6 Å². The van der Waals surface area contributed by atoms with Gasteiger partial charge >= 0.3 is 11.9 Å². The molecular formula is C27H33Cl6NO9. The number of hydrogen-bond acceptors (Lipinski definition) is 9. The topological polar surface area (TPSA) is 148 Å². The summed E-state index contributed by atoms with van der Waals surface area (Å²) >= 11 is 35.1. The predicted molar refractivity (Wildman–Crippen MR) is 159 cm³/mol. The Morgan fingerprint density at radius 2 is 1.56 bits per heavy atom. The summed E-state index contributed by atoms with van der Waals surface area (Å²) in [5, 5.41) is 26.8. The van der Waals surface area contributed by atoms with Crippen molar-refractivity contribution in [3.8, 4) is 0 Å². The fourth-order valence-electron chi connectivity index (χ4n) is 8.16. The van der Waals surface area contributed by atoms with Crippen LogP contribution in [0.5, 0.6) is 0 Å². The number of ether oxygens (including phenoxy) is 3. The standard InChI is InChI=1S/C27H33Cl6NO9/c1-10-13(36)8-25(40)11(2)18-23(6,19(37)17(16(10)22(25,4)5)43-21(39)27(31,32)33)14(42-20(38)26(28,29)30)7-15-24(18,9-41-15)34-12(3)35/h11,13-15,17-18,36,40H,7-9H2,1-6H3,(H,34,35)/t11-,13-,14-,15+,17+,18-,23+,24-,25+/m0/s1. The molecule has 1 heterocycles. The zero-order chi connectivity index (χ0) is 32.9. The van der Waals surface area contributed by atoms with Gasteiger partial charge in [0, 0.05) is 31.1 Å². The van der Waals surface area contributed by atoms with Gasteiger partial charge in [-0.25, -0.2) is 9.59 Å². The van der Waals surface area contributed by atoms with Crippen molar-refractivity contribution in [3.63, 3.8) is 0 Å². The molecule has 1 amide bonds. The number of ketones is 1. The van der Waals surface area contributed by atoms with Crippen LogP contribution >= 0.6 is 69.6 Å². The highest BCUT2D eigenvalue weighted by Gasteiger charge is 2.76. The summed E-state index contributed by atoms with van der Waals surface area (Å²) < 4.78 is 12.1. The highest BCUT2D eigenvalue weighted by Crippen LogP contribution is 2.65. The van der Waals surface area contributed by atoms with Crippen molar-refractivity contribution in [2.24, 2.45) is 22.7 Å². The first-order valence-corrected chi connectivity index (χ1v) is 15.8. The van der Waals surface area contributed by atoms with Crippen LogP contribution in [0, 0.1) is 22.7 Å². The second kappa shape index (κ2) is 11.0. The Hall–Kier alpha value is -0.560. The molecule has 3 aliphatic carbocycles. The third-order valence-corrected chi connectivity index (χ3v) is 11.1. The Kier molecular flexibility index (Phi) is 9.04. The van der Waals surface area contributed by atoms with E-state index in [1.165, 1.54) is 13.8 Å². The summed E-state index contributed by atoms with van der Waals surface area (Å²) in [7, 11) is 0. The van der Waals surface area contributed by atoms with Gasteiger partial charge in [0.2, 0.25) is 5.91 Å². The molecule has 0 aromatic carbocycles. The van der Waals surface area contributed by atoms with Crippen LogP contribution in [0.15, 0.2) is 11.1 Å². The molecule has 2 bridgehead atoms. The lowest BCUT2D eigenvalue weighted by Gasteiger charge is -2.69. The van der Waals surface area contributed by atoms with Crippen LogP contribution in [0.3, 0.4) is 0 Å². The van der Waals surface area contributed by atoms with Gasteiger partial charge in [-0.15, -0.1) is 0 Å². The predicted octanol–water partition coefficient (Wildman–Crippen LogP) is 3.91. The van der Waals surface area contributed by atoms with Crippen molar-refractivity contribution in [2.75, 3.05) is 6.61 Å². The zero-order valence-electron chi connectivity index (χ0n) is 24.1. The molecule has 1 aliphatic heterocycles. The van der Waals surface area contributed by atoms with Gasteiger partial charge in [0.15, 0.2) is 11.9 Å². The molecule has 9 atom stereocenters. The quantitative estimate of drug-likeness (QED) is 0.224. The third kappa shape index (κ3) is 5.28. The number of fused-ring (bicyclic) bond motifs is 5. The lowest BCUT2D eigenvalue weighted by Crippen LogP contribution is -2.83. The Morgan fingerprint density at radius 3 is 2.02 bits per heavy atom. The summed E-state index contributed by atoms with van der Waals surface area (Å²) in [6.45, 7) is 9.27. The lowest BCUT2D eigenvalue weighted by molar-refractivity contribution is -0.281. The van der Waals surface area contributed by atoms with Crippen LogP contribution in [-0.4, -0.2) is 83.6 Å². The Balaban J connectivity index is 2.07. The number of carbonyl (C=O) groups excluding carboxylic acids is 4. The normalized spacial score (nSPS) is 40.7. The highest BCUT2D eigenvalue weighted by molar-refractivity contribution is 6.76. The first kappa shape index (κ1) is 35.3. The van der Waals surface area contributed by atoms with Crippen LogP contribution in [0.1, 0.15) is 54.4 Å². The molecule has 10 nitrogen and oxygen atoms in total. The maximum Gasteiger partial charge on any atom is 0.359 e. The average molecular weight is 728 g/mol. The molecule has 16 heteroatoms.